The lowest BCUT2D eigenvalue weighted by Crippen LogP contribution is -2.26. The summed E-state index contributed by atoms with van der Waals surface area (Å²) in [7, 11) is -4.27. The van der Waals surface area contributed by atoms with Crippen molar-refractivity contribution in [3.05, 3.63) is 54.6 Å². The third-order valence-corrected chi connectivity index (χ3v) is 3.87. The number of benzene rings is 2. The normalized spacial score (nSPS) is 11.1. The molecule has 7 heteroatoms. The second kappa shape index (κ2) is 6.26. The number of hydrogen-bond acceptors (Lipinski definition) is 3. The highest BCUT2D eigenvalue weighted by molar-refractivity contribution is 7.85. The summed E-state index contributed by atoms with van der Waals surface area (Å²) >= 11 is 5.62. The minimum absolute atomic E-state index is 0.213. The zero-order valence-electron chi connectivity index (χ0n) is 10.8. The molecule has 5 nitrogen and oxygen atoms in total. The first kappa shape index (κ1) is 15.5. The van der Waals surface area contributed by atoms with E-state index in [1.54, 1.807) is 24.3 Å². The minimum Gasteiger partial charge on any atom is -0.282 e. The zero-order chi connectivity index (χ0) is 15.5. The van der Waals surface area contributed by atoms with Crippen molar-refractivity contribution >= 4 is 39.0 Å². The third kappa shape index (κ3) is 3.60. The van der Waals surface area contributed by atoms with Gasteiger partial charge >= 0.3 is 0 Å². The van der Waals surface area contributed by atoms with E-state index in [0.29, 0.717) is 11.4 Å². The number of rotatable bonds is 4. The Bertz CT molecular complexity index is 729. The molecule has 0 saturated heterocycles. The fourth-order valence-electron chi connectivity index (χ4n) is 1.84. The van der Waals surface area contributed by atoms with Crippen molar-refractivity contribution in [1.29, 1.82) is 0 Å². The van der Waals surface area contributed by atoms with Crippen molar-refractivity contribution in [1.82, 2.24) is 0 Å². The predicted octanol–water partition coefficient (Wildman–Crippen LogP) is 2.84. The molecule has 21 heavy (non-hydrogen) atoms. The van der Waals surface area contributed by atoms with Crippen molar-refractivity contribution in [3.63, 3.8) is 0 Å². The van der Waals surface area contributed by atoms with E-state index in [4.69, 9.17) is 16.2 Å². The molecule has 0 bridgehead atoms. The first-order valence-corrected chi connectivity index (χ1v) is 7.92. The van der Waals surface area contributed by atoms with Gasteiger partial charge in [0.15, 0.2) is 0 Å². The van der Waals surface area contributed by atoms with Crippen LogP contribution in [-0.4, -0.2) is 24.8 Å². The molecule has 2 aromatic carbocycles. The summed E-state index contributed by atoms with van der Waals surface area (Å²) in [6.07, 6.45) is 0. The van der Waals surface area contributed by atoms with E-state index in [1.807, 2.05) is 6.07 Å². The van der Waals surface area contributed by atoms with Crippen molar-refractivity contribution in [2.45, 2.75) is 4.90 Å². The average Bonchev–Trinajstić information content (AvgIpc) is 2.48. The van der Waals surface area contributed by atoms with Crippen LogP contribution in [0.25, 0.3) is 0 Å². The van der Waals surface area contributed by atoms with E-state index in [0.717, 1.165) is 0 Å². The maximum atomic E-state index is 12.0. The van der Waals surface area contributed by atoms with Crippen molar-refractivity contribution in [2.75, 3.05) is 10.8 Å². The number of carbonyl (C=O) groups excluding carboxylic acids is 1. The first-order chi connectivity index (χ1) is 9.93. The Kier molecular flexibility index (Phi) is 4.62. The van der Waals surface area contributed by atoms with Gasteiger partial charge in [0.05, 0.1) is 4.90 Å². The molecule has 0 radical (unpaired) electrons. The summed E-state index contributed by atoms with van der Waals surface area (Å²) in [5.41, 5.74) is 1.07. The second-order valence-electron chi connectivity index (χ2n) is 4.17. The summed E-state index contributed by atoms with van der Waals surface area (Å²) in [5, 5.41) is 0. The zero-order valence-corrected chi connectivity index (χ0v) is 12.4. The highest BCUT2D eigenvalue weighted by Crippen LogP contribution is 2.26. The Morgan fingerprint density at radius 2 is 1.52 bits per heavy atom. The summed E-state index contributed by atoms with van der Waals surface area (Å²) in [4.78, 5) is 13.2. The summed E-state index contributed by atoms with van der Waals surface area (Å²) in [6, 6.07) is 14.1. The Labute approximate surface area is 127 Å². The van der Waals surface area contributed by atoms with Crippen LogP contribution in [0.1, 0.15) is 0 Å². The van der Waals surface area contributed by atoms with Gasteiger partial charge in [-0.15, -0.1) is 11.6 Å². The Hall–Kier alpha value is -1.89. The topological polar surface area (TPSA) is 74.7 Å². The van der Waals surface area contributed by atoms with Gasteiger partial charge in [0.25, 0.3) is 10.1 Å². The van der Waals surface area contributed by atoms with E-state index >= 15 is 0 Å². The van der Waals surface area contributed by atoms with Gasteiger partial charge in [-0.05, 0) is 36.4 Å². The lowest BCUT2D eigenvalue weighted by molar-refractivity contribution is -0.115. The van der Waals surface area contributed by atoms with Crippen molar-refractivity contribution < 1.29 is 17.8 Å². The Morgan fingerprint density at radius 1 is 1.00 bits per heavy atom. The molecule has 0 heterocycles. The quantitative estimate of drug-likeness (QED) is 0.693. The molecule has 0 aliphatic carbocycles. The van der Waals surface area contributed by atoms with Crippen LogP contribution in [0.3, 0.4) is 0 Å². The van der Waals surface area contributed by atoms with Gasteiger partial charge in [0.1, 0.15) is 5.88 Å². The van der Waals surface area contributed by atoms with Crippen LogP contribution < -0.4 is 4.90 Å². The van der Waals surface area contributed by atoms with Crippen LogP contribution in [0, 0.1) is 0 Å². The molecular weight excluding hydrogens is 314 g/mol. The number of anilines is 2. The molecule has 0 fully saturated rings. The SMILES string of the molecule is O=C(CCl)N(c1ccccc1)c1ccc(S(=O)(=O)O)cc1. The number of para-hydroxylation sites is 1. The van der Waals surface area contributed by atoms with Gasteiger partial charge in [-0.1, -0.05) is 18.2 Å². The minimum atomic E-state index is -4.27. The van der Waals surface area contributed by atoms with Crippen LogP contribution in [0.15, 0.2) is 59.5 Å². The predicted molar refractivity (Wildman–Crippen MR) is 80.6 cm³/mol. The lowest BCUT2D eigenvalue weighted by atomic mass is 10.2. The summed E-state index contributed by atoms with van der Waals surface area (Å²) in [5.74, 6) is -0.558. The second-order valence-corrected chi connectivity index (χ2v) is 5.86. The maximum Gasteiger partial charge on any atom is 0.294 e. The number of carbonyl (C=O) groups is 1. The molecule has 0 aliphatic rings. The van der Waals surface area contributed by atoms with Crippen LogP contribution in [-0.2, 0) is 14.9 Å². The molecule has 0 aromatic heterocycles. The number of halogens is 1. The van der Waals surface area contributed by atoms with Gasteiger partial charge in [0.2, 0.25) is 5.91 Å². The number of nitrogens with zero attached hydrogens (tertiary/aromatic N) is 1. The Morgan fingerprint density at radius 3 is 2.00 bits per heavy atom. The van der Waals surface area contributed by atoms with E-state index in [2.05, 4.69) is 0 Å². The molecule has 0 atom stereocenters. The fraction of sp³-hybridized carbons (Fsp3) is 0.0714. The number of amides is 1. The monoisotopic (exact) mass is 325 g/mol. The molecule has 110 valence electrons. The van der Waals surface area contributed by atoms with Gasteiger partial charge in [-0.3, -0.25) is 14.2 Å². The largest absolute Gasteiger partial charge is 0.294 e. The number of alkyl halides is 1. The van der Waals surface area contributed by atoms with E-state index in [9.17, 15) is 13.2 Å². The first-order valence-electron chi connectivity index (χ1n) is 5.95. The van der Waals surface area contributed by atoms with Crippen LogP contribution in [0.4, 0.5) is 11.4 Å². The van der Waals surface area contributed by atoms with Crippen LogP contribution >= 0.6 is 11.6 Å². The maximum absolute atomic E-state index is 12.0. The third-order valence-electron chi connectivity index (χ3n) is 2.77. The smallest absolute Gasteiger partial charge is 0.282 e. The fourth-order valence-corrected chi connectivity index (χ4v) is 2.44. The van der Waals surface area contributed by atoms with Crippen molar-refractivity contribution in [3.8, 4) is 0 Å². The van der Waals surface area contributed by atoms with Crippen LogP contribution in [0.5, 0.6) is 0 Å². The highest BCUT2D eigenvalue weighted by Gasteiger charge is 2.18. The average molecular weight is 326 g/mol. The summed E-state index contributed by atoms with van der Waals surface area (Å²) < 4.78 is 31.0. The molecular formula is C14H12ClNO4S. The summed E-state index contributed by atoms with van der Waals surface area (Å²) in [6.45, 7) is 0. The lowest BCUT2D eigenvalue weighted by Gasteiger charge is -2.22. The molecule has 0 spiro atoms. The molecule has 0 unspecified atom stereocenters. The van der Waals surface area contributed by atoms with Crippen LogP contribution in [0.2, 0.25) is 0 Å². The molecule has 2 rings (SSSR count). The van der Waals surface area contributed by atoms with Gasteiger partial charge in [-0.25, -0.2) is 0 Å². The molecule has 0 aliphatic heterocycles. The molecule has 1 N–H and O–H groups in total. The number of hydrogen-bond donors (Lipinski definition) is 1. The van der Waals surface area contributed by atoms with Crippen molar-refractivity contribution in [2.24, 2.45) is 0 Å². The standard InChI is InChI=1S/C14H12ClNO4S/c15-10-14(17)16(11-4-2-1-3-5-11)12-6-8-13(9-7-12)21(18,19)20/h1-9H,10H2,(H,18,19,20). The Balaban J connectivity index is 2.46. The highest BCUT2D eigenvalue weighted by atomic mass is 35.5. The van der Waals surface area contributed by atoms with Gasteiger partial charge < -0.3 is 0 Å². The molecule has 1 amide bonds. The van der Waals surface area contributed by atoms with Gasteiger partial charge in [0, 0.05) is 11.4 Å². The van der Waals surface area contributed by atoms with E-state index < -0.39 is 10.1 Å². The van der Waals surface area contributed by atoms with E-state index in [-0.39, 0.29) is 16.7 Å². The molecule has 2 aromatic rings. The van der Waals surface area contributed by atoms with E-state index in [1.165, 1.54) is 29.2 Å². The van der Waals surface area contributed by atoms with Gasteiger partial charge in [-0.2, -0.15) is 8.42 Å². The molecule has 0 saturated carbocycles.